The molecular formula is C30H26Cl3N3O5S. The number of nitrogens with zero attached hydrogens (tertiary/aromatic N) is 3. The summed E-state index contributed by atoms with van der Waals surface area (Å²) in [6, 6.07) is 18.3. The lowest BCUT2D eigenvalue weighted by Crippen LogP contribution is -2.51. The normalized spacial score (nSPS) is 16.4. The molecule has 3 amide bonds. The van der Waals surface area contributed by atoms with Crippen molar-refractivity contribution in [3.05, 3.63) is 91.8 Å². The summed E-state index contributed by atoms with van der Waals surface area (Å²) in [4.78, 5) is 43.9. The first-order valence-corrected chi connectivity index (χ1v) is 15.0. The number of halogens is 3. The Hall–Kier alpha value is -3.37. The van der Waals surface area contributed by atoms with Crippen molar-refractivity contribution in [2.45, 2.75) is 6.61 Å². The molecule has 2 saturated heterocycles. The highest BCUT2D eigenvalue weighted by Crippen LogP contribution is 2.39. The second-order valence-corrected chi connectivity index (χ2v) is 11.8. The van der Waals surface area contributed by atoms with Crippen LogP contribution in [0.15, 0.2) is 65.6 Å². The third kappa shape index (κ3) is 6.81. The van der Waals surface area contributed by atoms with E-state index in [2.05, 4.69) is 4.90 Å². The predicted octanol–water partition coefficient (Wildman–Crippen LogP) is 6.62. The monoisotopic (exact) mass is 645 g/mol. The summed E-state index contributed by atoms with van der Waals surface area (Å²) in [6.45, 7) is 2.18. The lowest BCUT2D eigenvalue weighted by molar-refractivity contribution is -0.136. The highest BCUT2D eigenvalue weighted by Gasteiger charge is 2.37. The minimum absolute atomic E-state index is 0.125. The first kappa shape index (κ1) is 30.1. The number of carbonyl (C=O) groups excluding carboxylic acids is 3. The Morgan fingerprint density at radius 2 is 1.69 bits per heavy atom. The second-order valence-electron chi connectivity index (χ2n) is 9.53. The van der Waals surface area contributed by atoms with Crippen LogP contribution in [0.3, 0.4) is 0 Å². The third-order valence-corrected chi connectivity index (χ3v) is 8.63. The van der Waals surface area contributed by atoms with Gasteiger partial charge in [-0.15, -0.1) is 0 Å². The average Bonchev–Trinajstić information content (AvgIpc) is 3.24. The molecule has 0 bridgehead atoms. The summed E-state index contributed by atoms with van der Waals surface area (Å²) in [6.07, 6.45) is 1.54. The van der Waals surface area contributed by atoms with Gasteiger partial charge in [0.05, 0.1) is 17.0 Å². The molecule has 218 valence electrons. The Kier molecular flexibility index (Phi) is 9.53. The lowest BCUT2D eigenvalue weighted by Gasteiger charge is -2.36. The van der Waals surface area contributed by atoms with Gasteiger partial charge >= 0.3 is 0 Å². The molecule has 0 aromatic heterocycles. The molecule has 0 unspecified atom stereocenters. The molecule has 2 fully saturated rings. The molecule has 3 aromatic carbocycles. The standard InChI is InChI=1S/C30H26Cl3N3O5S/c1-40-25-14-19(13-24(33)28(25)41-18-20-7-8-21(31)16-23(20)32)15-26-29(38)36(30(39)42-26)17-27(37)35-11-9-34(10-12-35)22-5-3-2-4-6-22/h2-8,13-16H,9-12,17-18H2,1H3/b26-15+. The number of para-hydroxylation sites is 1. The summed E-state index contributed by atoms with van der Waals surface area (Å²) >= 11 is 19.5. The van der Waals surface area contributed by atoms with Crippen LogP contribution in [0.1, 0.15) is 11.1 Å². The minimum atomic E-state index is -0.533. The Morgan fingerprint density at radius 1 is 0.952 bits per heavy atom. The van der Waals surface area contributed by atoms with Crippen molar-refractivity contribution in [2.24, 2.45) is 0 Å². The number of hydrogen-bond donors (Lipinski definition) is 0. The van der Waals surface area contributed by atoms with Gasteiger partial charge in [-0.2, -0.15) is 0 Å². The highest BCUT2D eigenvalue weighted by atomic mass is 35.5. The Bertz CT molecular complexity index is 1540. The summed E-state index contributed by atoms with van der Waals surface area (Å²) in [5.41, 5.74) is 2.34. The smallest absolute Gasteiger partial charge is 0.294 e. The van der Waals surface area contributed by atoms with Crippen molar-refractivity contribution in [2.75, 3.05) is 44.7 Å². The van der Waals surface area contributed by atoms with Crippen LogP contribution in [-0.4, -0.2) is 66.7 Å². The topological polar surface area (TPSA) is 79.4 Å². The highest BCUT2D eigenvalue weighted by molar-refractivity contribution is 8.18. The number of imide groups is 1. The maximum atomic E-state index is 13.1. The van der Waals surface area contributed by atoms with Crippen molar-refractivity contribution in [3.8, 4) is 11.5 Å². The van der Waals surface area contributed by atoms with Crippen LogP contribution < -0.4 is 14.4 Å². The van der Waals surface area contributed by atoms with Crippen LogP contribution in [0.4, 0.5) is 10.5 Å². The van der Waals surface area contributed by atoms with Crippen LogP contribution in [0.25, 0.3) is 6.08 Å². The fourth-order valence-electron chi connectivity index (χ4n) is 4.63. The summed E-state index contributed by atoms with van der Waals surface area (Å²) in [5, 5.41) is 0.715. The molecule has 5 rings (SSSR count). The van der Waals surface area contributed by atoms with E-state index in [1.807, 2.05) is 30.3 Å². The predicted molar refractivity (Wildman–Crippen MR) is 167 cm³/mol. The number of methoxy groups -OCH3 is 1. The number of anilines is 1. The van der Waals surface area contributed by atoms with Crippen molar-refractivity contribution >= 4 is 75.4 Å². The van der Waals surface area contributed by atoms with Crippen LogP contribution in [0, 0.1) is 0 Å². The summed E-state index contributed by atoms with van der Waals surface area (Å²) in [7, 11) is 1.47. The number of amides is 3. The van der Waals surface area contributed by atoms with Crippen LogP contribution >= 0.6 is 46.6 Å². The zero-order chi connectivity index (χ0) is 29.8. The summed E-state index contributed by atoms with van der Waals surface area (Å²) in [5.74, 6) is -0.163. The van der Waals surface area contributed by atoms with E-state index in [1.165, 1.54) is 7.11 Å². The molecule has 0 saturated carbocycles. The molecule has 0 radical (unpaired) electrons. The maximum absolute atomic E-state index is 13.1. The minimum Gasteiger partial charge on any atom is -0.493 e. The zero-order valence-electron chi connectivity index (χ0n) is 22.5. The summed E-state index contributed by atoms with van der Waals surface area (Å²) < 4.78 is 11.4. The SMILES string of the molecule is COc1cc(/C=C2/SC(=O)N(CC(=O)N3CCN(c4ccccc4)CC3)C2=O)cc(Cl)c1OCc1ccc(Cl)cc1Cl. The molecule has 0 N–H and O–H groups in total. The van der Waals surface area contributed by atoms with Gasteiger partial charge in [-0.25, -0.2) is 0 Å². The Labute approximate surface area is 262 Å². The lowest BCUT2D eigenvalue weighted by atomic mass is 10.1. The quantitative estimate of drug-likeness (QED) is 0.255. The third-order valence-electron chi connectivity index (χ3n) is 6.86. The van der Waals surface area contributed by atoms with Gasteiger partial charge in [0.1, 0.15) is 13.2 Å². The van der Waals surface area contributed by atoms with E-state index in [4.69, 9.17) is 44.3 Å². The second kappa shape index (κ2) is 13.3. The molecule has 2 aliphatic rings. The van der Waals surface area contributed by atoms with Gasteiger partial charge in [-0.3, -0.25) is 19.3 Å². The first-order valence-electron chi connectivity index (χ1n) is 13.0. The molecule has 3 aromatic rings. The average molecular weight is 647 g/mol. The van der Waals surface area contributed by atoms with E-state index in [0.29, 0.717) is 58.9 Å². The zero-order valence-corrected chi connectivity index (χ0v) is 25.6. The van der Waals surface area contributed by atoms with Gasteiger partial charge < -0.3 is 19.3 Å². The van der Waals surface area contributed by atoms with Crippen LogP contribution in [0.2, 0.25) is 15.1 Å². The van der Waals surface area contributed by atoms with E-state index in [0.717, 1.165) is 22.3 Å². The van der Waals surface area contributed by atoms with Gasteiger partial charge in [-0.1, -0.05) is 59.1 Å². The van der Waals surface area contributed by atoms with E-state index < -0.39 is 11.1 Å². The molecular weight excluding hydrogens is 621 g/mol. The number of piperazine rings is 1. The van der Waals surface area contributed by atoms with Crippen molar-refractivity contribution in [1.82, 2.24) is 9.80 Å². The molecule has 8 nitrogen and oxygen atoms in total. The molecule has 0 atom stereocenters. The molecule has 0 aliphatic carbocycles. The van der Waals surface area contributed by atoms with Crippen LogP contribution in [-0.2, 0) is 16.2 Å². The number of thioether (sulfide) groups is 1. The van der Waals surface area contributed by atoms with Gasteiger partial charge in [-0.05, 0) is 59.8 Å². The van der Waals surface area contributed by atoms with E-state index in [9.17, 15) is 14.4 Å². The largest absolute Gasteiger partial charge is 0.493 e. The molecule has 0 spiro atoms. The Balaban J connectivity index is 1.23. The van der Waals surface area contributed by atoms with E-state index in [1.54, 1.807) is 41.3 Å². The number of ether oxygens (including phenoxy) is 2. The molecule has 2 heterocycles. The number of hydrogen-bond acceptors (Lipinski definition) is 7. The van der Waals surface area contributed by atoms with Gasteiger partial charge in [0, 0.05) is 47.5 Å². The fraction of sp³-hybridized carbons (Fsp3) is 0.233. The number of benzene rings is 3. The Morgan fingerprint density at radius 3 is 2.38 bits per heavy atom. The van der Waals surface area contributed by atoms with E-state index in [-0.39, 0.29) is 29.0 Å². The number of carbonyl (C=O) groups is 3. The fourth-order valence-corrected chi connectivity index (χ4v) is 6.20. The van der Waals surface area contributed by atoms with Gasteiger partial charge in [0.2, 0.25) is 5.91 Å². The molecule has 42 heavy (non-hydrogen) atoms. The van der Waals surface area contributed by atoms with Crippen molar-refractivity contribution in [1.29, 1.82) is 0 Å². The molecule has 12 heteroatoms. The van der Waals surface area contributed by atoms with Crippen molar-refractivity contribution < 1.29 is 23.9 Å². The van der Waals surface area contributed by atoms with Gasteiger partial charge in [0.15, 0.2) is 11.5 Å². The number of rotatable bonds is 8. The van der Waals surface area contributed by atoms with Crippen molar-refractivity contribution in [3.63, 3.8) is 0 Å². The van der Waals surface area contributed by atoms with Crippen LogP contribution in [0.5, 0.6) is 11.5 Å². The van der Waals surface area contributed by atoms with Gasteiger partial charge in [0.25, 0.3) is 11.1 Å². The molecule has 2 aliphatic heterocycles. The maximum Gasteiger partial charge on any atom is 0.294 e. The first-order chi connectivity index (χ1) is 20.2. The van der Waals surface area contributed by atoms with E-state index >= 15 is 0 Å².